The Morgan fingerprint density at radius 3 is 1.78 bits per heavy atom. The van der Waals surface area contributed by atoms with Gasteiger partial charge < -0.3 is 4.74 Å². The molecule has 174 valence electrons. The van der Waals surface area contributed by atoms with E-state index in [2.05, 4.69) is 91.8 Å². The number of ether oxygens (including phenoxy) is 1. The van der Waals surface area contributed by atoms with Crippen molar-refractivity contribution in [3.8, 4) is 11.1 Å². The number of carbonyl (C=O) groups excluding carboxylic acids is 1. The van der Waals surface area contributed by atoms with Crippen molar-refractivity contribution in [2.24, 2.45) is 5.92 Å². The minimum atomic E-state index is -0.0325. The fourth-order valence-corrected chi connectivity index (χ4v) is 4.70. The predicted molar refractivity (Wildman–Crippen MR) is 135 cm³/mol. The molecule has 1 aliphatic carbocycles. The molecular formula is C30H42O2. The maximum Gasteiger partial charge on any atom is 0.308 e. The van der Waals surface area contributed by atoms with Crippen LogP contribution in [0.3, 0.4) is 0 Å². The van der Waals surface area contributed by atoms with Gasteiger partial charge in [0.1, 0.15) is 6.61 Å². The van der Waals surface area contributed by atoms with Crippen LogP contribution in [0, 0.1) is 5.92 Å². The molecule has 0 aromatic heterocycles. The summed E-state index contributed by atoms with van der Waals surface area (Å²) in [4.78, 5) is 12.9. The summed E-state index contributed by atoms with van der Waals surface area (Å²) in [5.41, 5.74) is 7.97. The first kappa shape index (κ1) is 24.6. The number of hydrogen-bond donors (Lipinski definition) is 0. The summed E-state index contributed by atoms with van der Waals surface area (Å²) in [6, 6.07) is 13.7. The second-order valence-electron chi connectivity index (χ2n) is 11.5. The van der Waals surface area contributed by atoms with Crippen molar-refractivity contribution in [1.82, 2.24) is 0 Å². The van der Waals surface area contributed by atoms with E-state index in [1.165, 1.54) is 33.4 Å². The zero-order chi connectivity index (χ0) is 23.7. The molecule has 0 aliphatic heterocycles. The van der Waals surface area contributed by atoms with Crippen LogP contribution in [0.5, 0.6) is 0 Å². The average molecular weight is 435 g/mol. The van der Waals surface area contributed by atoms with E-state index >= 15 is 0 Å². The molecule has 3 rings (SSSR count). The second-order valence-corrected chi connectivity index (χ2v) is 11.5. The lowest BCUT2D eigenvalue weighted by molar-refractivity contribution is -0.149. The second kappa shape index (κ2) is 9.41. The molecule has 0 fully saturated rings. The first-order valence-electron chi connectivity index (χ1n) is 12.4. The molecule has 32 heavy (non-hydrogen) atoms. The number of benzene rings is 2. The highest BCUT2D eigenvalue weighted by Gasteiger charge is 2.33. The van der Waals surface area contributed by atoms with E-state index in [-0.39, 0.29) is 28.6 Å². The number of rotatable bonds is 7. The van der Waals surface area contributed by atoms with Crippen molar-refractivity contribution in [2.75, 3.05) is 6.61 Å². The number of esters is 1. The van der Waals surface area contributed by atoms with E-state index in [0.717, 1.165) is 25.7 Å². The largest absolute Gasteiger partial charge is 0.464 e. The maximum absolute atomic E-state index is 12.9. The summed E-state index contributed by atoms with van der Waals surface area (Å²) in [5, 5.41) is 0. The Kier molecular flexibility index (Phi) is 7.22. The van der Waals surface area contributed by atoms with Crippen LogP contribution in [0.25, 0.3) is 11.1 Å². The summed E-state index contributed by atoms with van der Waals surface area (Å²) in [5.74, 6) is 0.0734. The summed E-state index contributed by atoms with van der Waals surface area (Å²) < 4.78 is 6.00. The Morgan fingerprint density at radius 1 is 0.875 bits per heavy atom. The van der Waals surface area contributed by atoms with Gasteiger partial charge in [-0.25, -0.2) is 0 Å². The Labute approximate surface area is 195 Å². The van der Waals surface area contributed by atoms with Gasteiger partial charge >= 0.3 is 5.97 Å². The van der Waals surface area contributed by atoms with E-state index in [4.69, 9.17) is 4.74 Å². The molecule has 1 atom stereocenters. The molecule has 0 bridgehead atoms. The average Bonchev–Trinajstić information content (AvgIpc) is 3.03. The molecule has 0 N–H and O–H groups in total. The molecule has 0 radical (unpaired) electrons. The quantitative estimate of drug-likeness (QED) is 0.411. The van der Waals surface area contributed by atoms with Gasteiger partial charge in [0.05, 0.1) is 5.92 Å². The first-order chi connectivity index (χ1) is 15.0. The molecule has 0 saturated heterocycles. The fraction of sp³-hybridized carbons (Fsp3) is 0.567. The molecule has 0 amide bonds. The summed E-state index contributed by atoms with van der Waals surface area (Å²) in [6.07, 6.45) is 3.95. The van der Waals surface area contributed by atoms with Crippen LogP contribution in [0.1, 0.15) is 109 Å². The Balaban J connectivity index is 1.97. The van der Waals surface area contributed by atoms with Gasteiger partial charge in [-0.05, 0) is 57.1 Å². The van der Waals surface area contributed by atoms with E-state index in [1.807, 2.05) is 0 Å². The lowest BCUT2D eigenvalue weighted by Gasteiger charge is -2.23. The molecule has 2 heteroatoms. The molecular weight excluding hydrogens is 392 g/mol. The van der Waals surface area contributed by atoms with Crippen molar-refractivity contribution in [2.45, 2.75) is 97.8 Å². The van der Waals surface area contributed by atoms with Gasteiger partial charge in [-0.1, -0.05) is 105 Å². The van der Waals surface area contributed by atoms with E-state index < -0.39 is 0 Å². The molecule has 0 saturated carbocycles. The van der Waals surface area contributed by atoms with Crippen molar-refractivity contribution in [3.63, 3.8) is 0 Å². The van der Waals surface area contributed by atoms with Crippen molar-refractivity contribution in [1.29, 1.82) is 0 Å². The van der Waals surface area contributed by atoms with Crippen LogP contribution in [0.15, 0.2) is 36.4 Å². The lowest BCUT2D eigenvalue weighted by atomic mass is 9.83. The van der Waals surface area contributed by atoms with Gasteiger partial charge in [0.2, 0.25) is 0 Å². The Hall–Kier alpha value is -2.09. The Bertz CT molecular complexity index is 892. The van der Waals surface area contributed by atoms with E-state index in [1.54, 1.807) is 0 Å². The number of fused-ring (bicyclic) bond motifs is 3. The minimum Gasteiger partial charge on any atom is -0.464 e. The van der Waals surface area contributed by atoms with Crippen LogP contribution in [-0.2, 0) is 20.4 Å². The molecule has 1 aliphatic rings. The van der Waals surface area contributed by atoms with Crippen LogP contribution >= 0.6 is 0 Å². The summed E-state index contributed by atoms with van der Waals surface area (Å²) >= 11 is 0. The zero-order valence-electron chi connectivity index (χ0n) is 21.5. The van der Waals surface area contributed by atoms with Crippen molar-refractivity contribution >= 4 is 5.97 Å². The fourth-order valence-electron chi connectivity index (χ4n) is 4.70. The monoisotopic (exact) mass is 434 g/mol. The van der Waals surface area contributed by atoms with Crippen LogP contribution in [-0.4, -0.2) is 12.6 Å². The normalized spacial score (nSPS) is 14.8. The molecule has 0 spiro atoms. The zero-order valence-corrected chi connectivity index (χ0v) is 21.5. The smallest absolute Gasteiger partial charge is 0.308 e. The molecule has 0 heterocycles. The van der Waals surface area contributed by atoms with E-state index in [0.29, 0.717) is 6.61 Å². The number of hydrogen-bond acceptors (Lipinski definition) is 2. The van der Waals surface area contributed by atoms with Gasteiger partial charge in [-0.3, -0.25) is 4.79 Å². The van der Waals surface area contributed by atoms with Gasteiger partial charge in [0, 0.05) is 5.92 Å². The van der Waals surface area contributed by atoms with E-state index in [9.17, 15) is 4.79 Å². The predicted octanol–water partition coefficient (Wildman–Crippen LogP) is 8.15. The molecule has 2 nitrogen and oxygen atoms in total. The van der Waals surface area contributed by atoms with Crippen molar-refractivity contribution < 1.29 is 9.53 Å². The Morgan fingerprint density at radius 2 is 1.38 bits per heavy atom. The summed E-state index contributed by atoms with van der Waals surface area (Å²) in [7, 11) is 0. The van der Waals surface area contributed by atoms with Gasteiger partial charge in [-0.15, -0.1) is 0 Å². The topological polar surface area (TPSA) is 26.3 Å². The highest BCUT2D eigenvalue weighted by atomic mass is 16.5. The third-order valence-corrected chi connectivity index (χ3v) is 7.00. The van der Waals surface area contributed by atoms with Crippen molar-refractivity contribution in [3.05, 3.63) is 58.7 Å². The molecule has 2 aromatic rings. The SMILES string of the molecule is CCCCC(CC)C(=O)OCC1c2cc(C(C)(C)C)ccc2-c2ccc(C(C)(C)C)cc21. The van der Waals surface area contributed by atoms with Crippen LogP contribution < -0.4 is 0 Å². The van der Waals surface area contributed by atoms with Crippen LogP contribution in [0.2, 0.25) is 0 Å². The minimum absolute atomic E-state index is 0.0112. The van der Waals surface area contributed by atoms with Gasteiger partial charge in [0.25, 0.3) is 0 Å². The molecule has 2 aromatic carbocycles. The number of carbonyl (C=O) groups is 1. The summed E-state index contributed by atoms with van der Waals surface area (Å²) in [6.45, 7) is 18.2. The highest BCUT2D eigenvalue weighted by molar-refractivity contribution is 5.80. The number of unbranched alkanes of at least 4 members (excludes halogenated alkanes) is 1. The molecule has 1 unspecified atom stereocenters. The maximum atomic E-state index is 12.9. The standard InChI is InChI=1S/C30H42O2/c1-9-11-12-20(10-2)28(31)32-19-27-25-17-21(29(3,4)5)13-15-23(25)24-16-14-22(18-26(24)27)30(6,7)8/h13-18,20,27H,9-12,19H2,1-8H3. The lowest BCUT2D eigenvalue weighted by Crippen LogP contribution is -2.21. The third kappa shape index (κ3) is 5.11. The van der Waals surface area contributed by atoms with Gasteiger partial charge in [-0.2, -0.15) is 0 Å². The highest BCUT2D eigenvalue weighted by Crippen LogP contribution is 2.47. The van der Waals surface area contributed by atoms with Gasteiger partial charge in [0.15, 0.2) is 0 Å². The third-order valence-electron chi connectivity index (χ3n) is 7.00. The van der Waals surface area contributed by atoms with Crippen LogP contribution in [0.4, 0.5) is 0 Å². The first-order valence-corrected chi connectivity index (χ1v) is 12.4.